The second-order valence-electron chi connectivity index (χ2n) is 2.93. The molecule has 1 aromatic carbocycles. The zero-order chi connectivity index (χ0) is 10.8. The van der Waals surface area contributed by atoms with Gasteiger partial charge in [0.1, 0.15) is 0 Å². The minimum absolute atomic E-state index is 0.0932. The van der Waals surface area contributed by atoms with Crippen molar-refractivity contribution in [3.63, 3.8) is 0 Å². The van der Waals surface area contributed by atoms with Crippen molar-refractivity contribution in [2.45, 2.75) is 0 Å². The summed E-state index contributed by atoms with van der Waals surface area (Å²) in [5, 5.41) is 1.91. The van der Waals surface area contributed by atoms with Gasteiger partial charge in [0.2, 0.25) is 5.78 Å². The summed E-state index contributed by atoms with van der Waals surface area (Å²) in [7, 11) is 0. The Labute approximate surface area is 114 Å². The Kier molecular flexibility index (Phi) is 3.58. The van der Waals surface area contributed by atoms with E-state index in [0.29, 0.717) is 0 Å². The largest absolute Gasteiger partial charge is 0.288 e. The van der Waals surface area contributed by atoms with Crippen LogP contribution >= 0.6 is 49.9 Å². The van der Waals surface area contributed by atoms with Gasteiger partial charge in [-0.25, -0.2) is 0 Å². The molecule has 0 spiro atoms. The highest BCUT2D eigenvalue weighted by Gasteiger charge is 2.13. The topological polar surface area (TPSA) is 17.1 Å². The summed E-state index contributed by atoms with van der Waals surface area (Å²) in [6.45, 7) is 0. The van der Waals surface area contributed by atoms with E-state index in [0.717, 1.165) is 18.5 Å². The first-order valence-electron chi connectivity index (χ1n) is 4.22. The molecular weight excluding hydrogens is 387 g/mol. The molecule has 15 heavy (non-hydrogen) atoms. The molecule has 0 saturated carbocycles. The van der Waals surface area contributed by atoms with Crippen LogP contribution in [0.25, 0.3) is 0 Å². The van der Waals surface area contributed by atoms with E-state index in [2.05, 4.69) is 38.5 Å². The molecule has 0 aliphatic heterocycles. The fourth-order valence-corrected chi connectivity index (χ4v) is 2.83. The van der Waals surface area contributed by atoms with Crippen LogP contribution in [0.4, 0.5) is 0 Å². The molecule has 1 nitrogen and oxygen atoms in total. The molecule has 0 atom stereocenters. The molecule has 2 aromatic rings. The normalized spacial score (nSPS) is 10.3. The standard InChI is InChI=1S/C11H6BrIOS/c12-7-3-4-9(13)8(6-7)11(14)10-2-1-5-15-10/h1-6H. The van der Waals surface area contributed by atoms with Crippen LogP contribution in [-0.4, -0.2) is 5.78 Å². The van der Waals surface area contributed by atoms with Crippen LogP contribution < -0.4 is 0 Å². The van der Waals surface area contributed by atoms with Gasteiger partial charge < -0.3 is 0 Å². The molecule has 2 rings (SSSR count). The van der Waals surface area contributed by atoms with E-state index in [1.54, 1.807) is 0 Å². The van der Waals surface area contributed by atoms with Crippen molar-refractivity contribution in [1.82, 2.24) is 0 Å². The minimum Gasteiger partial charge on any atom is -0.288 e. The van der Waals surface area contributed by atoms with Crippen LogP contribution in [0.3, 0.4) is 0 Å². The smallest absolute Gasteiger partial charge is 0.204 e. The summed E-state index contributed by atoms with van der Waals surface area (Å²) >= 11 is 7.03. The minimum atomic E-state index is 0.0932. The van der Waals surface area contributed by atoms with Crippen LogP contribution in [-0.2, 0) is 0 Å². The Hall–Kier alpha value is -0.200. The summed E-state index contributed by atoms with van der Waals surface area (Å²) in [5.74, 6) is 0.0932. The van der Waals surface area contributed by atoms with Gasteiger partial charge in [0.15, 0.2) is 0 Å². The number of halogens is 2. The molecule has 0 N–H and O–H groups in total. The van der Waals surface area contributed by atoms with E-state index in [4.69, 9.17) is 0 Å². The zero-order valence-electron chi connectivity index (χ0n) is 7.54. The molecule has 0 radical (unpaired) electrons. The van der Waals surface area contributed by atoms with Crippen molar-refractivity contribution in [1.29, 1.82) is 0 Å². The molecule has 0 bridgehead atoms. The molecule has 0 fully saturated rings. The van der Waals surface area contributed by atoms with Gasteiger partial charge in [-0.1, -0.05) is 22.0 Å². The number of hydrogen-bond acceptors (Lipinski definition) is 2. The van der Waals surface area contributed by atoms with Crippen LogP contribution in [0.1, 0.15) is 15.2 Å². The maximum Gasteiger partial charge on any atom is 0.204 e. The average molecular weight is 393 g/mol. The van der Waals surface area contributed by atoms with E-state index in [9.17, 15) is 4.79 Å². The fraction of sp³-hybridized carbons (Fsp3) is 0. The Bertz CT molecular complexity index is 493. The number of hydrogen-bond donors (Lipinski definition) is 0. The van der Waals surface area contributed by atoms with Crippen molar-refractivity contribution in [3.8, 4) is 0 Å². The molecule has 1 aromatic heterocycles. The van der Waals surface area contributed by atoms with Crippen molar-refractivity contribution in [2.24, 2.45) is 0 Å². The van der Waals surface area contributed by atoms with Crippen molar-refractivity contribution in [2.75, 3.05) is 0 Å². The van der Waals surface area contributed by atoms with Crippen molar-refractivity contribution >= 4 is 55.6 Å². The number of benzene rings is 1. The van der Waals surface area contributed by atoms with Gasteiger partial charge in [0.25, 0.3) is 0 Å². The Morgan fingerprint density at radius 3 is 2.80 bits per heavy atom. The molecule has 0 unspecified atom stereocenters. The lowest BCUT2D eigenvalue weighted by Crippen LogP contribution is -2.01. The highest BCUT2D eigenvalue weighted by Crippen LogP contribution is 2.23. The molecule has 0 aliphatic rings. The lowest BCUT2D eigenvalue weighted by atomic mass is 10.1. The third-order valence-corrected chi connectivity index (χ3v) is 4.22. The van der Waals surface area contributed by atoms with Gasteiger partial charge in [-0.3, -0.25) is 4.79 Å². The lowest BCUT2D eigenvalue weighted by molar-refractivity contribution is 0.104. The van der Waals surface area contributed by atoms with Gasteiger partial charge in [0.05, 0.1) is 4.88 Å². The third-order valence-electron chi connectivity index (χ3n) is 1.92. The van der Waals surface area contributed by atoms with Gasteiger partial charge in [-0.2, -0.15) is 0 Å². The van der Waals surface area contributed by atoms with E-state index < -0.39 is 0 Å². The summed E-state index contributed by atoms with van der Waals surface area (Å²) in [5.41, 5.74) is 0.757. The predicted octanol–water partition coefficient (Wildman–Crippen LogP) is 4.35. The predicted molar refractivity (Wildman–Crippen MR) is 74.6 cm³/mol. The first kappa shape index (κ1) is 11.3. The number of rotatable bonds is 2. The molecular formula is C11H6BrIOS. The molecule has 0 aliphatic carbocycles. The first-order valence-corrected chi connectivity index (χ1v) is 6.97. The maximum absolute atomic E-state index is 12.1. The quantitative estimate of drug-likeness (QED) is 0.548. The Balaban J connectivity index is 2.46. The highest BCUT2D eigenvalue weighted by molar-refractivity contribution is 14.1. The number of carbonyl (C=O) groups is 1. The fourth-order valence-electron chi connectivity index (χ4n) is 1.21. The number of thiophene rings is 1. The summed E-state index contributed by atoms with van der Waals surface area (Å²) in [4.78, 5) is 12.8. The summed E-state index contributed by atoms with van der Waals surface area (Å²) in [6, 6.07) is 9.48. The Morgan fingerprint density at radius 2 is 2.13 bits per heavy atom. The van der Waals surface area contributed by atoms with Crippen molar-refractivity contribution in [3.05, 3.63) is 54.2 Å². The first-order chi connectivity index (χ1) is 7.18. The highest BCUT2D eigenvalue weighted by atomic mass is 127. The van der Waals surface area contributed by atoms with Gasteiger partial charge in [-0.15, -0.1) is 11.3 Å². The van der Waals surface area contributed by atoms with E-state index >= 15 is 0 Å². The second-order valence-corrected chi connectivity index (χ2v) is 5.96. The molecule has 1 heterocycles. The Morgan fingerprint density at radius 1 is 1.33 bits per heavy atom. The van der Waals surface area contributed by atoms with E-state index in [1.165, 1.54) is 11.3 Å². The molecule has 4 heteroatoms. The SMILES string of the molecule is O=C(c1cccs1)c1cc(Br)ccc1I. The van der Waals surface area contributed by atoms with Gasteiger partial charge >= 0.3 is 0 Å². The zero-order valence-corrected chi connectivity index (χ0v) is 12.1. The van der Waals surface area contributed by atoms with Crippen LogP contribution in [0, 0.1) is 3.57 Å². The third kappa shape index (κ3) is 2.49. The molecule has 0 saturated heterocycles. The second kappa shape index (κ2) is 4.76. The molecule has 76 valence electrons. The van der Waals surface area contributed by atoms with E-state index in [-0.39, 0.29) is 5.78 Å². The van der Waals surface area contributed by atoms with Crippen LogP contribution in [0.2, 0.25) is 0 Å². The number of carbonyl (C=O) groups excluding carboxylic acids is 1. The maximum atomic E-state index is 12.1. The number of ketones is 1. The lowest BCUT2D eigenvalue weighted by Gasteiger charge is -2.02. The van der Waals surface area contributed by atoms with Gasteiger partial charge in [0, 0.05) is 13.6 Å². The summed E-state index contributed by atoms with van der Waals surface area (Å²) in [6.07, 6.45) is 0. The monoisotopic (exact) mass is 392 g/mol. The van der Waals surface area contributed by atoms with E-state index in [1.807, 2.05) is 35.7 Å². The summed E-state index contributed by atoms with van der Waals surface area (Å²) < 4.78 is 1.91. The van der Waals surface area contributed by atoms with Crippen LogP contribution in [0.5, 0.6) is 0 Å². The van der Waals surface area contributed by atoms with Gasteiger partial charge in [-0.05, 0) is 52.2 Å². The average Bonchev–Trinajstić information content (AvgIpc) is 2.74. The molecule has 0 amide bonds. The van der Waals surface area contributed by atoms with Crippen LogP contribution in [0.15, 0.2) is 40.2 Å². The van der Waals surface area contributed by atoms with Crippen molar-refractivity contribution < 1.29 is 4.79 Å².